The third-order valence-corrected chi connectivity index (χ3v) is 3.40. The zero-order valence-corrected chi connectivity index (χ0v) is 13.0. The summed E-state index contributed by atoms with van der Waals surface area (Å²) in [6.07, 6.45) is 0.953. The van der Waals surface area contributed by atoms with Crippen molar-refractivity contribution >= 4 is 28.9 Å². The van der Waals surface area contributed by atoms with Gasteiger partial charge in [-0.2, -0.15) is 0 Å². The summed E-state index contributed by atoms with van der Waals surface area (Å²) in [7, 11) is 3.41. The first-order valence-electron chi connectivity index (χ1n) is 6.30. The van der Waals surface area contributed by atoms with Crippen LogP contribution in [0.2, 0.25) is 5.02 Å². The van der Waals surface area contributed by atoms with Crippen LogP contribution >= 0.6 is 23.2 Å². The first-order valence-corrected chi connectivity index (χ1v) is 7.21. The quantitative estimate of drug-likeness (QED) is 0.514. The largest absolute Gasteiger partial charge is 0.385 e. The lowest BCUT2D eigenvalue weighted by atomic mass is 10.1. The molecule has 19 heavy (non-hydrogen) atoms. The van der Waals surface area contributed by atoms with Crippen LogP contribution in [0.3, 0.4) is 0 Å². The third kappa shape index (κ3) is 5.57. The predicted octanol–water partition coefficient (Wildman–Crippen LogP) is 3.57. The molecule has 0 saturated carbocycles. The maximum Gasteiger partial charge on any atom is 0.0637 e. The molecule has 1 aromatic rings. The fourth-order valence-corrected chi connectivity index (χ4v) is 2.29. The topological polar surface area (TPSA) is 21.7 Å². The van der Waals surface area contributed by atoms with Gasteiger partial charge >= 0.3 is 0 Å². The van der Waals surface area contributed by atoms with Crippen molar-refractivity contribution in [2.24, 2.45) is 0 Å². The smallest absolute Gasteiger partial charge is 0.0637 e. The molecule has 0 saturated heterocycles. The minimum Gasteiger partial charge on any atom is -0.385 e. The Morgan fingerprint density at radius 2 is 1.84 bits per heavy atom. The van der Waals surface area contributed by atoms with Crippen LogP contribution in [0.25, 0.3) is 0 Å². The Labute approximate surface area is 125 Å². The lowest BCUT2D eigenvalue weighted by Crippen LogP contribution is -2.29. The molecule has 0 spiro atoms. The molecule has 0 aliphatic rings. The molecular weight excluding hydrogens is 285 g/mol. The number of benzene rings is 1. The molecule has 0 fully saturated rings. The molecule has 0 aliphatic heterocycles. The molecule has 0 aliphatic carbocycles. The van der Waals surface area contributed by atoms with Crippen molar-refractivity contribution in [2.45, 2.75) is 12.3 Å². The number of methoxy groups -OCH3 is 2. The minimum absolute atomic E-state index is 0.472. The summed E-state index contributed by atoms with van der Waals surface area (Å²) in [4.78, 5) is 2.24. The highest BCUT2D eigenvalue weighted by molar-refractivity contribution is 6.31. The molecule has 0 atom stereocenters. The summed E-state index contributed by atoms with van der Waals surface area (Å²) in [5.74, 6) is 0.472. The van der Waals surface area contributed by atoms with E-state index in [-0.39, 0.29) is 0 Å². The highest BCUT2D eigenvalue weighted by atomic mass is 35.5. The van der Waals surface area contributed by atoms with Crippen LogP contribution in [-0.2, 0) is 15.4 Å². The number of hydrogen-bond donors (Lipinski definition) is 0. The number of hydrogen-bond acceptors (Lipinski definition) is 3. The van der Waals surface area contributed by atoms with Gasteiger partial charge < -0.3 is 14.4 Å². The van der Waals surface area contributed by atoms with E-state index in [2.05, 4.69) is 4.90 Å². The highest BCUT2D eigenvalue weighted by Gasteiger charge is 2.11. The molecule has 0 unspecified atom stereocenters. The van der Waals surface area contributed by atoms with Crippen LogP contribution in [0.15, 0.2) is 18.2 Å². The van der Waals surface area contributed by atoms with Crippen molar-refractivity contribution in [3.8, 4) is 0 Å². The second kappa shape index (κ2) is 9.43. The molecule has 0 heterocycles. The van der Waals surface area contributed by atoms with Gasteiger partial charge in [-0.05, 0) is 24.1 Å². The summed E-state index contributed by atoms with van der Waals surface area (Å²) in [6.45, 7) is 3.10. The molecule has 0 radical (unpaired) electrons. The van der Waals surface area contributed by atoms with E-state index in [4.69, 9.17) is 32.7 Å². The van der Waals surface area contributed by atoms with Gasteiger partial charge in [0, 0.05) is 50.5 Å². The number of alkyl halides is 1. The van der Waals surface area contributed by atoms with Gasteiger partial charge in [0.15, 0.2) is 0 Å². The third-order valence-electron chi connectivity index (χ3n) is 2.87. The highest BCUT2D eigenvalue weighted by Crippen LogP contribution is 2.26. The molecule has 1 aromatic carbocycles. The fraction of sp³-hybridized carbons (Fsp3) is 0.571. The van der Waals surface area contributed by atoms with Crippen molar-refractivity contribution in [3.63, 3.8) is 0 Å². The van der Waals surface area contributed by atoms with Crippen molar-refractivity contribution < 1.29 is 9.47 Å². The maximum absolute atomic E-state index is 6.09. The number of halogens is 2. The van der Waals surface area contributed by atoms with Gasteiger partial charge in [0.2, 0.25) is 0 Å². The molecule has 1 rings (SSSR count). The van der Waals surface area contributed by atoms with E-state index in [9.17, 15) is 0 Å². The molecule has 108 valence electrons. The van der Waals surface area contributed by atoms with E-state index in [1.165, 1.54) is 0 Å². The van der Waals surface area contributed by atoms with Crippen LogP contribution < -0.4 is 4.90 Å². The Bertz CT molecular complexity index is 374. The molecule has 5 heteroatoms. The predicted molar refractivity (Wildman–Crippen MR) is 81.6 cm³/mol. The number of ether oxygens (including phenoxy) is 2. The van der Waals surface area contributed by atoms with E-state index < -0.39 is 0 Å². The Hall–Kier alpha value is -0.480. The summed E-state index contributed by atoms with van der Waals surface area (Å²) >= 11 is 12.1. The Kier molecular flexibility index (Phi) is 8.22. The Balaban J connectivity index is 2.84. The van der Waals surface area contributed by atoms with Gasteiger partial charge in [0.25, 0.3) is 0 Å². The van der Waals surface area contributed by atoms with Gasteiger partial charge in [0.05, 0.1) is 6.61 Å². The summed E-state index contributed by atoms with van der Waals surface area (Å²) in [6, 6.07) is 5.80. The fourth-order valence-electron chi connectivity index (χ4n) is 1.90. The monoisotopic (exact) mass is 305 g/mol. The first kappa shape index (κ1) is 16.6. The van der Waals surface area contributed by atoms with Gasteiger partial charge in [-0.15, -0.1) is 11.6 Å². The average molecular weight is 306 g/mol. The second-order valence-electron chi connectivity index (χ2n) is 4.23. The Morgan fingerprint density at radius 1 is 1.11 bits per heavy atom. The molecular formula is C14H21Cl2NO2. The number of nitrogens with zero attached hydrogens (tertiary/aromatic N) is 1. The standard InChI is InChI=1S/C14H21Cl2NO2/c1-18-8-3-6-17(7-9-19-2)14-10-13(16)5-4-12(14)11-15/h4-5,10H,3,6-9,11H2,1-2H3. The first-order chi connectivity index (χ1) is 9.22. The molecule has 0 bridgehead atoms. The average Bonchev–Trinajstić information content (AvgIpc) is 2.42. The number of rotatable bonds is 9. The van der Waals surface area contributed by atoms with Gasteiger partial charge in [-0.3, -0.25) is 0 Å². The maximum atomic E-state index is 6.09. The van der Waals surface area contributed by atoms with E-state index in [0.29, 0.717) is 12.5 Å². The van der Waals surface area contributed by atoms with Gasteiger partial charge in [-0.25, -0.2) is 0 Å². The summed E-state index contributed by atoms with van der Waals surface area (Å²) in [5.41, 5.74) is 2.16. The zero-order chi connectivity index (χ0) is 14.1. The van der Waals surface area contributed by atoms with Crippen LogP contribution in [-0.4, -0.2) is 40.5 Å². The lowest BCUT2D eigenvalue weighted by Gasteiger charge is -2.26. The van der Waals surface area contributed by atoms with E-state index in [1.807, 2.05) is 18.2 Å². The van der Waals surface area contributed by atoms with Crippen LogP contribution in [0.4, 0.5) is 5.69 Å². The van der Waals surface area contributed by atoms with E-state index in [1.54, 1.807) is 14.2 Å². The number of anilines is 1. The SMILES string of the molecule is COCCCN(CCOC)c1cc(Cl)ccc1CCl. The van der Waals surface area contributed by atoms with Crippen LogP contribution in [0.1, 0.15) is 12.0 Å². The molecule has 0 N–H and O–H groups in total. The van der Waals surface area contributed by atoms with Crippen molar-refractivity contribution in [2.75, 3.05) is 45.4 Å². The van der Waals surface area contributed by atoms with E-state index in [0.717, 1.165) is 42.4 Å². The van der Waals surface area contributed by atoms with Crippen LogP contribution in [0, 0.1) is 0 Å². The molecule has 0 aromatic heterocycles. The molecule has 3 nitrogen and oxygen atoms in total. The van der Waals surface area contributed by atoms with Gasteiger partial charge in [-0.1, -0.05) is 17.7 Å². The van der Waals surface area contributed by atoms with E-state index >= 15 is 0 Å². The van der Waals surface area contributed by atoms with Crippen molar-refractivity contribution in [3.05, 3.63) is 28.8 Å². The Morgan fingerprint density at radius 3 is 2.47 bits per heavy atom. The second-order valence-corrected chi connectivity index (χ2v) is 4.94. The van der Waals surface area contributed by atoms with Gasteiger partial charge in [0.1, 0.15) is 0 Å². The lowest BCUT2D eigenvalue weighted by molar-refractivity contribution is 0.191. The normalized spacial score (nSPS) is 10.7. The molecule has 0 amide bonds. The minimum atomic E-state index is 0.472. The van der Waals surface area contributed by atoms with Crippen molar-refractivity contribution in [1.29, 1.82) is 0 Å². The van der Waals surface area contributed by atoms with Crippen LogP contribution in [0.5, 0.6) is 0 Å². The summed E-state index contributed by atoms with van der Waals surface area (Å²) in [5, 5.41) is 0.720. The summed E-state index contributed by atoms with van der Waals surface area (Å²) < 4.78 is 10.3. The zero-order valence-electron chi connectivity index (χ0n) is 11.5. The van der Waals surface area contributed by atoms with Crippen molar-refractivity contribution in [1.82, 2.24) is 0 Å².